The molecule has 1 heterocycles. The molecule has 2 aromatic carbocycles. The summed E-state index contributed by atoms with van der Waals surface area (Å²) in [6.07, 6.45) is 1.78. The Hall–Kier alpha value is -2.88. The van der Waals surface area contributed by atoms with Crippen molar-refractivity contribution in [3.8, 4) is 16.9 Å². The lowest BCUT2D eigenvalue weighted by Crippen LogP contribution is -2.42. The third-order valence-electron chi connectivity index (χ3n) is 4.40. The van der Waals surface area contributed by atoms with Gasteiger partial charge in [0, 0.05) is 23.2 Å². The minimum absolute atomic E-state index is 0.0465. The largest absolute Gasteiger partial charge is 0.334 e. The molecule has 134 valence electrons. The van der Waals surface area contributed by atoms with Crippen LogP contribution in [0.4, 0.5) is 0 Å². The van der Waals surface area contributed by atoms with Gasteiger partial charge < -0.3 is 4.90 Å². The van der Waals surface area contributed by atoms with Gasteiger partial charge in [0.05, 0.1) is 17.6 Å². The van der Waals surface area contributed by atoms with Crippen LogP contribution >= 0.6 is 0 Å². The number of hydrogen-bond acceptors (Lipinski definition) is 2. The highest BCUT2D eigenvalue weighted by molar-refractivity contribution is 5.95. The van der Waals surface area contributed by atoms with Gasteiger partial charge >= 0.3 is 0 Å². The molecule has 0 fully saturated rings. The Morgan fingerprint density at radius 2 is 1.62 bits per heavy atom. The van der Waals surface area contributed by atoms with Crippen molar-refractivity contribution in [1.29, 1.82) is 0 Å². The summed E-state index contributed by atoms with van der Waals surface area (Å²) in [6, 6.07) is 20.1. The van der Waals surface area contributed by atoms with Crippen molar-refractivity contribution in [3.63, 3.8) is 0 Å². The minimum Gasteiger partial charge on any atom is -0.334 e. The number of hydrogen-bond donors (Lipinski definition) is 0. The summed E-state index contributed by atoms with van der Waals surface area (Å²) < 4.78 is 1.88. The monoisotopic (exact) mass is 347 g/mol. The zero-order valence-electron chi connectivity index (χ0n) is 15.8. The third kappa shape index (κ3) is 3.54. The van der Waals surface area contributed by atoms with Gasteiger partial charge in [-0.05, 0) is 52.0 Å². The lowest BCUT2D eigenvalue weighted by molar-refractivity contribution is 0.0643. The van der Waals surface area contributed by atoms with Crippen LogP contribution in [-0.4, -0.2) is 32.7 Å². The maximum Gasteiger partial charge on any atom is 0.254 e. The maximum atomic E-state index is 13.0. The molecule has 1 aromatic heterocycles. The Morgan fingerprint density at radius 3 is 2.27 bits per heavy atom. The van der Waals surface area contributed by atoms with Gasteiger partial charge in [0.1, 0.15) is 0 Å². The van der Waals surface area contributed by atoms with Crippen LogP contribution < -0.4 is 0 Å². The first kappa shape index (κ1) is 17.9. The van der Waals surface area contributed by atoms with Crippen molar-refractivity contribution in [3.05, 3.63) is 72.4 Å². The molecule has 4 nitrogen and oxygen atoms in total. The van der Waals surface area contributed by atoms with Crippen molar-refractivity contribution >= 4 is 5.91 Å². The fraction of sp³-hybridized carbons (Fsp3) is 0.273. The van der Waals surface area contributed by atoms with Gasteiger partial charge in [-0.15, -0.1) is 0 Å². The topological polar surface area (TPSA) is 38.1 Å². The molecule has 0 radical (unpaired) electrons. The molecule has 3 rings (SSSR count). The second kappa shape index (κ2) is 7.56. The summed E-state index contributed by atoms with van der Waals surface area (Å²) in [5, 5.41) is 4.47. The highest BCUT2D eigenvalue weighted by Gasteiger charge is 2.22. The van der Waals surface area contributed by atoms with Crippen molar-refractivity contribution in [2.24, 2.45) is 0 Å². The molecule has 3 aromatic rings. The second-order valence-corrected chi connectivity index (χ2v) is 6.94. The van der Waals surface area contributed by atoms with Crippen molar-refractivity contribution < 1.29 is 4.79 Å². The van der Waals surface area contributed by atoms with E-state index in [0.29, 0.717) is 5.56 Å². The van der Waals surface area contributed by atoms with E-state index >= 15 is 0 Å². The Bertz CT molecular complexity index is 873. The lowest BCUT2D eigenvalue weighted by atomic mass is 10.1. The van der Waals surface area contributed by atoms with E-state index in [1.165, 1.54) is 0 Å². The van der Waals surface area contributed by atoms with Crippen LogP contribution in [0.3, 0.4) is 0 Å². The minimum atomic E-state index is 0.0465. The number of rotatable bonds is 5. The second-order valence-electron chi connectivity index (χ2n) is 6.94. The zero-order valence-corrected chi connectivity index (χ0v) is 15.8. The molecule has 0 aliphatic carbocycles. The van der Waals surface area contributed by atoms with Gasteiger partial charge in [0.2, 0.25) is 0 Å². The van der Waals surface area contributed by atoms with E-state index in [2.05, 4.69) is 17.2 Å². The molecule has 0 aliphatic rings. The van der Waals surface area contributed by atoms with Crippen LogP contribution in [0.25, 0.3) is 16.9 Å². The van der Waals surface area contributed by atoms with E-state index in [0.717, 1.165) is 16.9 Å². The molecular formula is C22H25N3O. The van der Waals surface area contributed by atoms with Gasteiger partial charge in [-0.2, -0.15) is 5.10 Å². The van der Waals surface area contributed by atoms with Crippen LogP contribution in [0.1, 0.15) is 38.1 Å². The first-order valence-corrected chi connectivity index (χ1v) is 9.01. The van der Waals surface area contributed by atoms with Gasteiger partial charge in [-0.1, -0.05) is 36.4 Å². The molecule has 0 atom stereocenters. The van der Waals surface area contributed by atoms with E-state index in [1.54, 1.807) is 6.20 Å². The Labute approximate surface area is 155 Å². The van der Waals surface area contributed by atoms with Crippen LogP contribution in [0, 0.1) is 0 Å². The van der Waals surface area contributed by atoms with Crippen molar-refractivity contribution in [2.75, 3.05) is 0 Å². The highest BCUT2D eigenvalue weighted by Crippen LogP contribution is 2.23. The van der Waals surface area contributed by atoms with Crippen LogP contribution in [0.2, 0.25) is 0 Å². The number of carbonyl (C=O) groups is 1. The first-order valence-electron chi connectivity index (χ1n) is 9.01. The normalized spacial score (nSPS) is 11.2. The van der Waals surface area contributed by atoms with Gasteiger partial charge in [-0.25, -0.2) is 4.68 Å². The number of amides is 1. The van der Waals surface area contributed by atoms with Crippen molar-refractivity contribution in [2.45, 2.75) is 39.8 Å². The van der Waals surface area contributed by atoms with E-state index in [9.17, 15) is 4.79 Å². The molecule has 26 heavy (non-hydrogen) atoms. The summed E-state index contributed by atoms with van der Waals surface area (Å²) in [7, 11) is 0. The molecule has 0 saturated heterocycles. The number of benzene rings is 2. The molecule has 0 bridgehead atoms. The molecule has 0 unspecified atom stereocenters. The van der Waals surface area contributed by atoms with Crippen LogP contribution in [-0.2, 0) is 0 Å². The zero-order chi connectivity index (χ0) is 18.7. The maximum absolute atomic E-state index is 13.0. The van der Waals surface area contributed by atoms with E-state index in [4.69, 9.17) is 0 Å². The van der Waals surface area contributed by atoms with E-state index in [1.807, 2.05) is 85.8 Å². The Balaban J connectivity index is 1.99. The van der Waals surface area contributed by atoms with Crippen LogP contribution in [0.5, 0.6) is 0 Å². The van der Waals surface area contributed by atoms with Gasteiger partial charge in [0.15, 0.2) is 0 Å². The highest BCUT2D eigenvalue weighted by atomic mass is 16.2. The van der Waals surface area contributed by atoms with Crippen LogP contribution in [0.15, 0.2) is 66.9 Å². The van der Waals surface area contributed by atoms with E-state index < -0.39 is 0 Å². The first-order chi connectivity index (χ1) is 12.5. The fourth-order valence-electron chi connectivity index (χ4n) is 3.32. The average molecular weight is 347 g/mol. The smallest absolute Gasteiger partial charge is 0.254 e. The molecule has 0 N–H and O–H groups in total. The number of nitrogens with zero attached hydrogens (tertiary/aromatic N) is 3. The molecule has 1 amide bonds. The SMILES string of the molecule is CC(C)N(C(=O)c1cccc(-n2nccc2-c2ccccc2)c1)C(C)C. The summed E-state index contributed by atoms with van der Waals surface area (Å²) in [6.45, 7) is 8.18. The van der Waals surface area contributed by atoms with E-state index in [-0.39, 0.29) is 18.0 Å². The number of carbonyl (C=O) groups excluding carboxylic acids is 1. The molecule has 0 spiro atoms. The quantitative estimate of drug-likeness (QED) is 0.665. The van der Waals surface area contributed by atoms with Gasteiger partial charge in [-0.3, -0.25) is 4.79 Å². The summed E-state index contributed by atoms with van der Waals surface area (Å²) in [5.74, 6) is 0.0465. The Kier molecular flexibility index (Phi) is 5.21. The summed E-state index contributed by atoms with van der Waals surface area (Å²) in [4.78, 5) is 14.9. The van der Waals surface area contributed by atoms with Crippen molar-refractivity contribution in [1.82, 2.24) is 14.7 Å². The van der Waals surface area contributed by atoms with Gasteiger partial charge in [0.25, 0.3) is 5.91 Å². The standard InChI is InChI=1S/C22H25N3O/c1-16(2)24(17(3)4)22(26)19-11-8-12-20(15-19)25-21(13-14-23-25)18-9-6-5-7-10-18/h5-17H,1-4H3. The fourth-order valence-corrected chi connectivity index (χ4v) is 3.32. The predicted octanol–water partition coefficient (Wildman–Crippen LogP) is 4.80. The summed E-state index contributed by atoms with van der Waals surface area (Å²) >= 11 is 0. The predicted molar refractivity (Wildman–Crippen MR) is 105 cm³/mol. The molecular weight excluding hydrogens is 322 g/mol. The molecule has 0 saturated carbocycles. The summed E-state index contributed by atoms with van der Waals surface area (Å²) in [5.41, 5.74) is 3.65. The molecule has 0 aliphatic heterocycles. The number of aromatic nitrogens is 2. The molecule has 4 heteroatoms. The lowest BCUT2D eigenvalue weighted by Gasteiger charge is -2.31. The Morgan fingerprint density at radius 1 is 0.923 bits per heavy atom. The average Bonchev–Trinajstić information content (AvgIpc) is 3.11. The third-order valence-corrected chi connectivity index (χ3v) is 4.40.